The van der Waals surface area contributed by atoms with Crippen LogP contribution in [0, 0.1) is 6.92 Å². The number of anilines is 2. The maximum Gasteiger partial charge on any atom is 0.224 e. The second kappa shape index (κ2) is 5.60. The minimum absolute atomic E-state index is 0.0973. The molecule has 2 aromatic heterocycles. The monoisotopic (exact) mass is 311 g/mol. The Balaban J connectivity index is 2.09. The molecule has 0 atom stereocenters. The molecule has 0 bridgehead atoms. The number of phenols is 1. The number of fused-ring (bicyclic) bond motifs is 1. The van der Waals surface area contributed by atoms with Crippen LogP contribution < -0.4 is 16.2 Å². The fraction of sp³-hybridized carbons (Fsp3) is 0.188. The molecule has 0 saturated heterocycles. The van der Waals surface area contributed by atoms with Crippen LogP contribution in [0.25, 0.3) is 11.0 Å². The van der Waals surface area contributed by atoms with Crippen LogP contribution in [0.5, 0.6) is 11.5 Å². The number of hydrogen-bond donors (Lipinski definition) is 3. The summed E-state index contributed by atoms with van der Waals surface area (Å²) in [5.74, 6) is 1.28. The topological polar surface area (TPSA) is 120 Å². The molecule has 0 radical (unpaired) electrons. The first-order valence-corrected chi connectivity index (χ1v) is 7.02. The molecule has 0 unspecified atom stereocenters. The molecule has 118 valence electrons. The van der Waals surface area contributed by atoms with Crippen molar-refractivity contribution in [3.8, 4) is 11.5 Å². The van der Waals surface area contributed by atoms with Gasteiger partial charge in [0.2, 0.25) is 5.95 Å². The molecule has 7 nitrogen and oxygen atoms in total. The normalized spacial score (nSPS) is 10.9. The minimum Gasteiger partial charge on any atom is -0.508 e. The fourth-order valence-corrected chi connectivity index (χ4v) is 2.55. The van der Waals surface area contributed by atoms with Crippen LogP contribution >= 0.6 is 0 Å². The molecule has 0 fully saturated rings. The number of benzene rings is 1. The lowest BCUT2D eigenvalue weighted by atomic mass is 9.99. The summed E-state index contributed by atoms with van der Waals surface area (Å²) in [4.78, 5) is 12.4. The van der Waals surface area contributed by atoms with Crippen LogP contribution in [0.2, 0.25) is 0 Å². The molecule has 0 aliphatic rings. The number of ether oxygens (including phenoxy) is 1. The number of rotatable bonds is 3. The summed E-state index contributed by atoms with van der Waals surface area (Å²) in [6, 6.07) is 5.11. The number of nitrogens with two attached hydrogens (primary N) is 2. The zero-order valence-corrected chi connectivity index (χ0v) is 12.9. The third kappa shape index (κ3) is 2.68. The predicted octanol–water partition coefficient (Wildman–Crippen LogP) is 1.80. The van der Waals surface area contributed by atoms with Crippen molar-refractivity contribution in [2.24, 2.45) is 0 Å². The predicted molar refractivity (Wildman–Crippen MR) is 88.4 cm³/mol. The van der Waals surface area contributed by atoms with Crippen LogP contribution in [0.1, 0.15) is 16.7 Å². The van der Waals surface area contributed by atoms with Gasteiger partial charge in [0.1, 0.15) is 17.3 Å². The summed E-state index contributed by atoms with van der Waals surface area (Å²) in [6.07, 6.45) is 2.20. The van der Waals surface area contributed by atoms with E-state index in [0.717, 1.165) is 16.7 Å². The van der Waals surface area contributed by atoms with E-state index in [9.17, 15) is 5.11 Å². The first-order valence-electron chi connectivity index (χ1n) is 7.02. The zero-order chi connectivity index (χ0) is 16.6. The lowest BCUT2D eigenvalue weighted by Crippen LogP contribution is -2.04. The SMILES string of the molecule is COc1ccc(O)c(Cc2cnc3nc(N)nc(N)c3c2C)c1. The van der Waals surface area contributed by atoms with E-state index in [1.54, 1.807) is 31.5 Å². The molecular weight excluding hydrogens is 294 g/mol. The van der Waals surface area contributed by atoms with Gasteiger partial charge >= 0.3 is 0 Å². The van der Waals surface area contributed by atoms with Crippen molar-refractivity contribution in [1.82, 2.24) is 15.0 Å². The summed E-state index contributed by atoms with van der Waals surface area (Å²) >= 11 is 0. The molecule has 2 heterocycles. The molecule has 0 aliphatic heterocycles. The smallest absolute Gasteiger partial charge is 0.224 e. The van der Waals surface area contributed by atoms with Gasteiger partial charge in [0.05, 0.1) is 12.5 Å². The maximum absolute atomic E-state index is 10.0. The Bertz CT molecular complexity index is 895. The van der Waals surface area contributed by atoms with Crippen LogP contribution in [0.3, 0.4) is 0 Å². The van der Waals surface area contributed by atoms with Crippen LogP contribution in [-0.2, 0) is 6.42 Å². The van der Waals surface area contributed by atoms with E-state index in [4.69, 9.17) is 16.2 Å². The number of aromatic nitrogens is 3. The van der Waals surface area contributed by atoms with Gasteiger partial charge in [0.15, 0.2) is 5.65 Å². The number of phenolic OH excluding ortho intramolecular Hbond substituents is 1. The van der Waals surface area contributed by atoms with Gasteiger partial charge < -0.3 is 21.3 Å². The molecule has 3 rings (SSSR count). The summed E-state index contributed by atoms with van der Waals surface area (Å²) < 4.78 is 5.20. The highest BCUT2D eigenvalue weighted by Gasteiger charge is 2.13. The van der Waals surface area contributed by atoms with Gasteiger partial charge in [-0.05, 0) is 36.2 Å². The standard InChI is InChI=1S/C16H17N5O2/c1-8-10(5-9-6-11(23-2)3-4-12(9)22)7-19-15-13(8)14(17)20-16(18)21-15/h3-4,6-7,22H,5H2,1-2H3,(H4,17,18,19,20,21). The number of hydrogen-bond acceptors (Lipinski definition) is 7. The van der Waals surface area contributed by atoms with Crippen LogP contribution in [0.15, 0.2) is 24.4 Å². The molecule has 7 heteroatoms. The molecule has 1 aromatic carbocycles. The van der Waals surface area contributed by atoms with Crippen LogP contribution in [-0.4, -0.2) is 27.2 Å². The number of aryl methyl sites for hydroxylation is 1. The Morgan fingerprint density at radius 2 is 1.96 bits per heavy atom. The van der Waals surface area contributed by atoms with Crippen LogP contribution in [0.4, 0.5) is 11.8 Å². The van der Waals surface area contributed by atoms with Gasteiger partial charge in [-0.15, -0.1) is 0 Å². The molecular formula is C16H17N5O2. The van der Waals surface area contributed by atoms with Crippen molar-refractivity contribution in [2.75, 3.05) is 18.6 Å². The Morgan fingerprint density at radius 3 is 2.70 bits per heavy atom. The second-order valence-electron chi connectivity index (χ2n) is 5.25. The van der Waals surface area contributed by atoms with E-state index in [1.165, 1.54) is 0 Å². The molecule has 0 amide bonds. The largest absolute Gasteiger partial charge is 0.508 e. The Kier molecular flexibility index (Phi) is 3.61. The van der Waals surface area contributed by atoms with Crippen molar-refractivity contribution in [2.45, 2.75) is 13.3 Å². The Morgan fingerprint density at radius 1 is 1.17 bits per heavy atom. The van der Waals surface area contributed by atoms with Gasteiger partial charge in [0, 0.05) is 18.2 Å². The van der Waals surface area contributed by atoms with Crippen molar-refractivity contribution >= 4 is 22.8 Å². The van der Waals surface area contributed by atoms with E-state index >= 15 is 0 Å². The highest BCUT2D eigenvalue weighted by atomic mass is 16.5. The van der Waals surface area contributed by atoms with Gasteiger partial charge in [-0.25, -0.2) is 4.98 Å². The number of methoxy groups -OCH3 is 1. The lowest BCUT2D eigenvalue weighted by molar-refractivity contribution is 0.411. The molecule has 0 aliphatic carbocycles. The first kappa shape index (κ1) is 14.8. The number of aromatic hydroxyl groups is 1. The average molecular weight is 311 g/mol. The van der Waals surface area contributed by atoms with E-state index in [-0.39, 0.29) is 11.7 Å². The molecule has 0 saturated carbocycles. The first-order chi connectivity index (χ1) is 11.0. The van der Waals surface area contributed by atoms with Crippen molar-refractivity contribution in [3.63, 3.8) is 0 Å². The van der Waals surface area contributed by atoms with Crippen molar-refractivity contribution < 1.29 is 9.84 Å². The summed E-state index contributed by atoms with van der Waals surface area (Å²) in [7, 11) is 1.58. The summed E-state index contributed by atoms with van der Waals surface area (Å²) in [5, 5.41) is 10.7. The fourth-order valence-electron chi connectivity index (χ4n) is 2.55. The number of nitrogens with zero attached hydrogens (tertiary/aromatic N) is 3. The van der Waals surface area contributed by atoms with E-state index in [0.29, 0.717) is 29.0 Å². The minimum atomic E-state index is 0.0973. The summed E-state index contributed by atoms with van der Waals surface area (Å²) in [5.41, 5.74) is 14.6. The van der Waals surface area contributed by atoms with Gasteiger partial charge in [-0.3, -0.25) is 0 Å². The van der Waals surface area contributed by atoms with E-state index < -0.39 is 0 Å². The van der Waals surface area contributed by atoms with Gasteiger partial charge in [-0.1, -0.05) is 0 Å². The number of nitrogen functional groups attached to an aromatic ring is 2. The van der Waals surface area contributed by atoms with Crippen molar-refractivity contribution in [3.05, 3.63) is 41.1 Å². The lowest BCUT2D eigenvalue weighted by Gasteiger charge is -2.12. The van der Waals surface area contributed by atoms with Crippen molar-refractivity contribution in [1.29, 1.82) is 0 Å². The zero-order valence-electron chi connectivity index (χ0n) is 12.9. The quantitative estimate of drug-likeness (QED) is 0.674. The average Bonchev–Trinajstić information content (AvgIpc) is 2.51. The Labute approximate surface area is 133 Å². The summed E-state index contributed by atoms with van der Waals surface area (Å²) in [6.45, 7) is 1.92. The maximum atomic E-state index is 10.0. The number of pyridine rings is 1. The van der Waals surface area contributed by atoms with E-state index in [1.807, 2.05) is 6.92 Å². The molecule has 3 aromatic rings. The third-order valence-corrected chi connectivity index (χ3v) is 3.80. The second-order valence-corrected chi connectivity index (χ2v) is 5.25. The third-order valence-electron chi connectivity index (χ3n) is 3.80. The molecule has 0 spiro atoms. The highest BCUT2D eigenvalue weighted by molar-refractivity contribution is 5.90. The molecule has 5 N–H and O–H groups in total. The van der Waals surface area contributed by atoms with Gasteiger partial charge in [-0.2, -0.15) is 9.97 Å². The Hall–Kier alpha value is -3.09. The molecule has 23 heavy (non-hydrogen) atoms. The van der Waals surface area contributed by atoms with E-state index in [2.05, 4.69) is 15.0 Å². The van der Waals surface area contributed by atoms with Gasteiger partial charge in [0.25, 0.3) is 0 Å². The highest BCUT2D eigenvalue weighted by Crippen LogP contribution is 2.29.